The van der Waals surface area contributed by atoms with Crippen LogP contribution in [0.1, 0.15) is 7.43 Å². The largest absolute Gasteiger partial charge is 1.00 e. The molecule has 0 nitrogen and oxygen atoms in total. The lowest BCUT2D eigenvalue weighted by Crippen LogP contribution is -3.00. The average molecular weight is 192 g/mol. The van der Waals surface area contributed by atoms with E-state index in [1.54, 1.807) is 0 Å². The summed E-state index contributed by atoms with van der Waals surface area (Å²) in [7, 11) is 3.36. The summed E-state index contributed by atoms with van der Waals surface area (Å²) in [6, 6.07) is 9.96. The van der Waals surface area contributed by atoms with E-state index >= 15 is 0 Å². The minimum atomic E-state index is 0. The van der Waals surface area contributed by atoms with Crippen LogP contribution in [0.15, 0.2) is 30.3 Å². The second kappa shape index (κ2) is 9.02. The van der Waals surface area contributed by atoms with E-state index in [1.165, 1.54) is 0 Å². The molecule has 3 heteroatoms. The van der Waals surface area contributed by atoms with Crippen LogP contribution in [0, 0.1) is 0 Å². The van der Waals surface area contributed by atoms with Crippen molar-refractivity contribution in [3.63, 3.8) is 0 Å². The summed E-state index contributed by atoms with van der Waals surface area (Å²) in [5.41, 5.74) is 0. The second-order valence-electron chi connectivity index (χ2n) is 1.37. The van der Waals surface area contributed by atoms with E-state index in [4.69, 9.17) is 0 Å². The highest BCUT2D eigenvalue weighted by molar-refractivity contribution is 6.32. The first-order valence-corrected chi connectivity index (χ1v) is 2.66. The van der Waals surface area contributed by atoms with Gasteiger partial charge >= 0.3 is 0 Å². The molecule has 0 N–H and O–H groups in total. The van der Waals surface area contributed by atoms with Gasteiger partial charge in [-0.15, -0.1) is 0 Å². The van der Waals surface area contributed by atoms with E-state index in [9.17, 15) is 0 Å². The van der Waals surface area contributed by atoms with E-state index in [0.29, 0.717) is 0 Å². The molecule has 0 atom stereocenters. The molecule has 0 saturated heterocycles. The van der Waals surface area contributed by atoms with Gasteiger partial charge in [0.25, 0.3) is 0 Å². The van der Waals surface area contributed by atoms with Crippen molar-refractivity contribution in [3.8, 4) is 0 Å². The lowest BCUT2D eigenvalue weighted by atomic mass is 10.4. The fourth-order valence-electron chi connectivity index (χ4n) is 0.438. The molecule has 1 rings (SSSR count). The standard InChI is InChI=1S/C6H5Si.CH4.2ClH/c7-6-4-2-1-3-5-6;;;/h1-5H;1H4;2*1H/p-2. The van der Waals surface area contributed by atoms with Gasteiger partial charge in [0.15, 0.2) is 0 Å². The first-order chi connectivity index (χ1) is 3.39. The van der Waals surface area contributed by atoms with Gasteiger partial charge in [-0.05, 0) is 0 Å². The topological polar surface area (TPSA) is 0 Å². The molecule has 0 saturated carbocycles. The van der Waals surface area contributed by atoms with Gasteiger partial charge in [0.1, 0.15) is 0 Å². The van der Waals surface area contributed by atoms with E-state index in [1.807, 2.05) is 30.3 Å². The number of rotatable bonds is 0. The van der Waals surface area contributed by atoms with E-state index in [-0.39, 0.29) is 32.2 Å². The van der Waals surface area contributed by atoms with Crippen LogP contribution in [0.4, 0.5) is 0 Å². The lowest BCUT2D eigenvalue weighted by Gasteiger charge is -1.82. The molecular weight excluding hydrogens is 183 g/mol. The molecule has 3 radical (unpaired) electrons. The van der Waals surface area contributed by atoms with Crippen molar-refractivity contribution in [2.75, 3.05) is 0 Å². The van der Waals surface area contributed by atoms with Crippen molar-refractivity contribution in [1.29, 1.82) is 0 Å². The Labute approximate surface area is 78.3 Å². The highest BCUT2D eigenvalue weighted by atomic mass is 35.5. The first kappa shape index (κ1) is 16.5. The molecule has 0 aliphatic carbocycles. The van der Waals surface area contributed by atoms with Crippen molar-refractivity contribution in [2.24, 2.45) is 0 Å². The Morgan fingerprint density at radius 2 is 1.30 bits per heavy atom. The summed E-state index contributed by atoms with van der Waals surface area (Å²) in [6.07, 6.45) is 0. The molecule has 0 spiro atoms. The lowest BCUT2D eigenvalue weighted by molar-refractivity contribution is -0.001000. The van der Waals surface area contributed by atoms with Gasteiger partial charge < -0.3 is 24.8 Å². The summed E-state index contributed by atoms with van der Waals surface area (Å²) >= 11 is 0. The molecule has 0 aromatic heterocycles. The Morgan fingerprint density at radius 3 is 1.50 bits per heavy atom. The van der Waals surface area contributed by atoms with Crippen LogP contribution in [0.3, 0.4) is 0 Å². The van der Waals surface area contributed by atoms with E-state index < -0.39 is 0 Å². The van der Waals surface area contributed by atoms with Crippen LogP contribution in [-0.4, -0.2) is 10.2 Å². The van der Waals surface area contributed by atoms with Crippen LogP contribution in [0.2, 0.25) is 0 Å². The van der Waals surface area contributed by atoms with Crippen LogP contribution < -0.4 is 30.0 Å². The van der Waals surface area contributed by atoms with Crippen molar-refractivity contribution in [1.82, 2.24) is 0 Å². The molecule has 10 heavy (non-hydrogen) atoms. The normalized spacial score (nSPS) is 6.10. The Morgan fingerprint density at radius 1 is 0.900 bits per heavy atom. The Hall–Kier alpha value is 0.0169. The van der Waals surface area contributed by atoms with Gasteiger partial charge in [-0.1, -0.05) is 42.9 Å². The summed E-state index contributed by atoms with van der Waals surface area (Å²) in [4.78, 5) is 0. The fourth-order valence-corrected chi connectivity index (χ4v) is 0.631. The maximum Gasteiger partial charge on any atom is 0.0711 e. The average Bonchev–Trinajstić information content (AvgIpc) is 1.69. The van der Waals surface area contributed by atoms with E-state index in [2.05, 4.69) is 10.2 Å². The van der Waals surface area contributed by atoms with Crippen LogP contribution in [0.5, 0.6) is 0 Å². The third-order valence-corrected chi connectivity index (χ3v) is 1.11. The third-order valence-electron chi connectivity index (χ3n) is 0.774. The van der Waals surface area contributed by atoms with Crippen LogP contribution >= 0.6 is 0 Å². The fraction of sp³-hybridized carbons (Fsp3) is 0.143. The molecule has 0 aliphatic heterocycles. The van der Waals surface area contributed by atoms with Gasteiger partial charge in [0, 0.05) is 0 Å². The zero-order valence-corrected chi connectivity index (χ0v) is 7.15. The number of hydrogen-bond donors (Lipinski definition) is 0. The predicted molar refractivity (Wildman–Crippen MR) is 38.6 cm³/mol. The predicted octanol–water partition coefficient (Wildman–Crippen LogP) is -4.88. The van der Waals surface area contributed by atoms with Gasteiger partial charge in [0.2, 0.25) is 0 Å². The molecule has 1 aromatic carbocycles. The molecule has 0 heterocycles. The third kappa shape index (κ3) is 6.14. The first-order valence-electron chi connectivity index (χ1n) is 2.16. The molecule has 0 aliphatic rings. The second-order valence-corrected chi connectivity index (χ2v) is 1.94. The smallest absolute Gasteiger partial charge is 0.0711 e. The molecule has 0 fully saturated rings. The summed E-state index contributed by atoms with van der Waals surface area (Å²) in [5, 5.41) is 1.13. The molecule has 1 aromatic rings. The Bertz CT molecular complexity index is 142. The zero-order chi connectivity index (χ0) is 5.11. The highest BCUT2D eigenvalue weighted by Gasteiger charge is 1.72. The Balaban J connectivity index is -0.000000163. The van der Waals surface area contributed by atoms with Crippen LogP contribution in [0.25, 0.3) is 0 Å². The molecule has 0 unspecified atom stereocenters. The van der Waals surface area contributed by atoms with Crippen molar-refractivity contribution < 1.29 is 24.8 Å². The minimum absolute atomic E-state index is 0. The van der Waals surface area contributed by atoms with Gasteiger partial charge in [-0.3, -0.25) is 0 Å². The monoisotopic (exact) mass is 191 g/mol. The van der Waals surface area contributed by atoms with E-state index in [0.717, 1.165) is 5.19 Å². The number of hydrogen-bond acceptors (Lipinski definition) is 0. The minimum Gasteiger partial charge on any atom is -1.00 e. The van der Waals surface area contributed by atoms with Crippen LogP contribution in [-0.2, 0) is 0 Å². The van der Waals surface area contributed by atoms with Gasteiger partial charge in [-0.25, -0.2) is 0 Å². The van der Waals surface area contributed by atoms with Gasteiger partial charge in [0.05, 0.1) is 10.2 Å². The SMILES string of the molecule is C.[Cl-].[Cl-].[Si]c1ccccc1. The molecular formula is C7H9Cl2Si-2. The summed E-state index contributed by atoms with van der Waals surface area (Å²) < 4.78 is 0. The molecule has 0 bridgehead atoms. The Kier molecular flexibility index (Phi) is 14.9. The quantitative estimate of drug-likeness (QED) is 0.362. The maximum absolute atomic E-state index is 3.36. The van der Waals surface area contributed by atoms with Crippen molar-refractivity contribution >= 4 is 15.4 Å². The zero-order valence-electron chi connectivity index (χ0n) is 4.64. The highest BCUT2D eigenvalue weighted by Crippen LogP contribution is 1.76. The number of benzene rings is 1. The van der Waals surface area contributed by atoms with Gasteiger partial charge in [-0.2, -0.15) is 0 Å². The maximum atomic E-state index is 3.36. The van der Waals surface area contributed by atoms with Crippen molar-refractivity contribution in [2.45, 2.75) is 7.43 Å². The molecule has 57 valence electrons. The number of halogens is 2. The molecule has 0 amide bonds. The summed E-state index contributed by atoms with van der Waals surface area (Å²) in [5.74, 6) is 0. The van der Waals surface area contributed by atoms with Crippen molar-refractivity contribution in [3.05, 3.63) is 30.3 Å². The summed E-state index contributed by atoms with van der Waals surface area (Å²) in [6.45, 7) is 0.